The quantitative estimate of drug-likeness (QED) is 0.637. The van der Waals surface area contributed by atoms with Crippen molar-refractivity contribution in [1.29, 1.82) is 0 Å². The minimum Gasteiger partial charge on any atom is -0.468 e. The van der Waals surface area contributed by atoms with Crippen LogP contribution in [0.15, 0.2) is 24.3 Å². The van der Waals surface area contributed by atoms with Crippen LogP contribution in [0, 0.1) is 0 Å². The third-order valence-electron chi connectivity index (χ3n) is 2.82. The number of nitrogens with zero attached hydrogens (tertiary/aromatic N) is 1. The Labute approximate surface area is 110 Å². The Hall–Kier alpha value is -2.50. The summed E-state index contributed by atoms with van der Waals surface area (Å²) in [5.74, 6) is -0.739. The van der Waals surface area contributed by atoms with Crippen LogP contribution in [-0.4, -0.2) is 42.5 Å². The Morgan fingerprint density at radius 2 is 2.11 bits per heavy atom. The summed E-state index contributed by atoms with van der Waals surface area (Å²) in [5.41, 5.74) is 7.55. The molecule has 19 heavy (non-hydrogen) atoms. The van der Waals surface area contributed by atoms with Crippen LogP contribution in [0.2, 0.25) is 0 Å². The molecule has 0 bridgehead atoms. The number of aromatic amines is 1. The van der Waals surface area contributed by atoms with E-state index in [-0.39, 0.29) is 12.5 Å². The highest BCUT2D eigenvalue weighted by atomic mass is 16.5. The number of hydrogen-bond acceptors (Lipinski definition) is 4. The minimum atomic E-state index is -0.462. The van der Waals surface area contributed by atoms with Crippen LogP contribution >= 0.6 is 0 Å². The van der Waals surface area contributed by atoms with Gasteiger partial charge in [0.1, 0.15) is 12.2 Å². The Balaban J connectivity index is 2.23. The van der Waals surface area contributed by atoms with Crippen molar-refractivity contribution >= 4 is 28.5 Å². The third kappa shape index (κ3) is 2.67. The number of esters is 1. The number of rotatable bonds is 3. The number of likely N-dealkylation sites (N-methyl/N-ethyl adjacent to an activating group) is 1. The fourth-order valence-electron chi connectivity index (χ4n) is 1.80. The summed E-state index contributed by atoms with van der Waals surface area (Å²) in [6.45, 7) is -0.0904. The molecule has 0 aliphatic heterocycles. The van der Waals surface area contributed by atoms with E-state index >= 15 is 0 Å². The fourth-order valence-corrected chi connectivity index (χ4v) is 1.80. The second kappa shape index (κ2) is 5.01. The summed E-state index contributed by atoms with van der Waals surface area (Å²) in [5, 5.41) is 0.856. The van der Waals surface area contributed by atoms with Crippen molar-refractivity contribution in [3.8, 4) is 0 Å². The van der Waals surface area contributed by atoms with Gasteiger partial charge in [0.25, 0.3) is 5.91 Å². The van der Waals surface area contributed by atoms with Crippen molar-refractivity contribution in [2.24, 2.45) is 0 Å². The first-order chi connectivity index (χ1) is 9.01. The van der Waals surface area contributed by atoms with Gasteiger partial charge in [-0.15, -0.1) is 0 Å². The molecule has 1 aromatic carbocycles. The molecule has 2 aromatic rings. The maximum absolute atomic E-state index is 12.1. The van der Waals surface area contributed by atoms with Crippen molar-refractivity contribution in [2.75, 3.05) is 26.4 Å². The average molecular weight is 261 g/mol. The van der Waals surface area contributed by atoms with E-state index < -0.39 is 5.97 Å². The normalized spacial score (nSPS) is 10.4. The first kappa shape index (κ1) is 12.9. The topological polar surface area (TPSA) is 88.4 Å². The summed E-state index contributed by atoms with van der Waals surface area (Å²) in [7, 11) is 2.82. The number of aromatic nitrogens is 1. The van der Waals surface area contributed by atoms with Crippen LogP contribution in [0.3, 0.4) is 0 Å². The molecule has 3 N–H and O–H groups in total. The number of nitrogens with two attached hydrogens (primary N) is 1. The van der Waals surface area contributed by atoms with Gasteiger partial charge in [0.2, 0.25) is 0 Å². The maximum atomic E-state index is 12.1. The molecular formula is C13H15N3O3. The lowest BCUT2D eigenvalue weighted by Crippen LogP contribution is -2.32. The molecule has 0 atom stereocenters. The van der Waals surface area contributed by atoms with E-state index in [1.165, 1.54) is 12.0 Å². The first-order valence-corrected chi connectivity index (χ1v) is 5.72. The highest BCUT2D eigenvalue weighted by Gasteiger charge is 2.17. The second-order valence-electron chi connectivity index (χ2n) is 4.27. The zero-order valence-corrected chi connectivity index (χ0v) is 10.8. The predicted octanol–water partition coefficient (Wildman–Crippen LogP) is 0.995. The van der Waals surface area contributed by atoms with Crippen molar-refractivity contribution in [3.63, 3.8) is 0 Å². The number of H-pyrrole nitrogens is 1. The smallest absolute Gasteiger partial charge is 0.325 e. The van der Waals surface area contributed by atoms with Crippen molar-refractivity contribution in [1.82, 2.24) is 9.88 Å². The van der Waals surface area contributed by atoms with Gasteiger partial charge in [0, 0.05) is 23.6 Å². The number of ether oxygens (including phenoxy) is 1. The van der Waals surface area contributed by atoms with Gasteiger partial charge in [-0.05, 0) is 24.3 Å². The Morgan fingerprint density at radius 3 is 2.79 bits per heavy atom. The molecule has 2 rings (SSSR count). The second-order valence-corrected chi connectivity index (χ2v) is 4.27. The van der Waals surface area contributed by atoms with Gasteiger partial charge in [-0.25, -0.2) is 0 Å². The molecule has 0 aliphatic carbocycles. The molecule has 6 heteroatoms. The molecular weight excluding hydrogens is 246 g/mol. The van der Waals surface area contributed by atoms with Crippen LogP contribution in [-0.2, 0) is 9.53 Å². The first-order valence-electron chi connectivity index (χ1n) is 5.72. The summed E-state index contributed by atoms with van der Waals surface area (Å²) in [6, 6.07) is 7.05. The van der Waals surface area contributed by atoms with E-state index in [4.69, 9.17) is 5.73 Å². The van der Waals surface area contributed by atoms with Crippen molar-refractivity contribution in [3.05, 3.63) is 30.0 Å². The number of carbonyl (C=O) groups excluding carboxylic acids is 2. The van der Waals surface area contributed by atoms with E-state index in [0.29, 0.717) is 11.4 Å². The number of nitrogen functional groups attached to an aromatic ring is 1. The van der Waals surface area contributed by atoms with Gasteiger partial charge in [-0.3, -0.25) is 9.59 Å². The zero-order valence-electron chi connectivity index (χ0n) is 10.8. The lowest BCUT2D eigenvalue weighted by molar-refractivity contribution is -0.141. The Morgan fingerprint density at radius 1 is 1.37 bits per heavy atom. The lowest BCUT2D eigenvalue weighted by atomic mass is 10.2. The molecule has 1 amide bonds. The SMILES string of the molecule is COC(=O)CN(C)C(=O)c1cc2cc(N)ccc2[nH]1. The number of fused-ring (bicyclic) bond motifs is 1. The molecule has 0 aliphatic rings. The van der Waals surface area contributed by atoms with Crippen LogP contribution in [0.1, 0.15) is 10.5 Å². The molecule has 0 spiro atoms. The van der Waals surface area contributed by atoms with Crippen molar-refractivity contribution in [2.45, 2.75) is 0 Å². The largest absolute Gasteiger partial charge is 0.468 e. The molecule has 6 nitrogen and oxygen atoms in total. The van der Waals surface area contributed by atoms with Crippen LogP contribution in [0.4, 0.5) is 5.69 Å². The summed E-state index contributed by atoms with van der Waals surface area (Å²) >= 11 is 0. The summed E-state index contributed by atoms with van der Waals surface area (Å²) < 4.78 is 4.52. The van der Waals surface area contributed by atoms with Gasteiger partial charge in [0.05, 0.1) is 7.11 Å². The molecule has 0 radical (unpaired) electrons. The zero-order chi connectivity index (χ0) is 14.0. The molecule has 0 fully saturated rings. The predicted molar refractivity (Wildman–Crippen MR) is 71.7 cm³/mol. The third-order valence-corrected chi connectivity index (χ3v) is 2.82. The van der Waals surface area contributed by atoms with E-state index in [9.17, 15) is 9.59 Å². The van der Waals surface area contributed by atoms with Crippen LogP contribution < -0.4 is 5.73 Å². The van der Waals surface area contributed by atoms with Gasteiger partial charge >= 0.3 is 5.97 Å². The molecule has 1 aromatic heterocycles. The standard InChI is InChI=1S/C13H15N3O3/c1-16(7-12(17)19-2)13(18)11-6-8-5-9(14)3-4-10(8)15-11/h3-6,15H,7,14H2,1-2H3. The fraction of sp³-hybridized carbons (Fsp3) is 0.231. The number of anilines is 1. The number of benzene rings is 1. The van der Waals surface area contributed by atoms with Crippen LogP contribution in [0.5, 0.6) is 0 Å². The number of carbonyl (C=O) groups is 2. The van der Waals surface area contributed by atoms with Gasteiger partial charge in [-0.2, -0.15) is 0 Å². The number of amides is 1. The summed E-state index contributed by atoms with van der Waals surface area (Å²) in [6.07, 6.45) is 0. The van der Waals surface area contributed by atoms with Gasteiger partial charge < -0.3 is 20.4 Å². The molecule has 100 valence electrons. The molecule has 0 unspecified atom stereocenters. The van der Waals surface area contributed by atoms with Crippen LogP contribution in [0.25, 0.3) is 10.9 Å². The summed E-state index contributed by atoms with van der Waals surface area (Å²) in [4.78, 5) is 27.5. The monoisotopic (exact) mass is 261 g/mol. The van der Waals surface area contributed by atoms with Gasteiger partial charge in [0.15, 0.2) is 0 Å². The Kier molecular flexibility index (Phi) is 3.41. The number of methoxy groups -OCH3 is 1. The van der Waals surface area contributed by atoms with E-state index in [1.54, 1.807) is 25.2 Å². The van der Waals surface area contributed by atoms with E-state index in [0.717, 1.165) is 10.9 Å². The number of nitrogens with one attached hydrogen (secondary N) is 1. The highest BCUT2D eigenvalue weighted by molar-refractivity contribution is 5.99. The van der Waals surface area contributed by atoms with Crippen molar-refractivity contribution < 1.29 is 14.3 Å². The Bertz CT molecular complexity index is 633. The molecule has 1 heterocycles. The van der Waals surface area contributed by atoms with Gasteiger partial charge in [-0.1, -0.05) is 0 Å². The van der Waals surface area contributed by atoms with E-state index in [2.05, 4.69) is 9.72 Å². The highest BCUT2D eigenvalue weighted by Crippen LogP contribution is 2.19. The molecule has 0 saturated heterocycles. The number of hydrogen-bond donors (Lipinski definition) is 2. The minimum absolute atomic E-state index is 0.0904. The average Bonchev–Trinajstić information content (AvgIpc) is 2.80. The van der Waals surface area contributed by atoms with E-state index in [1.807, 2.05) is 6.07 Å². The molecule has 0 saturated carbocycles. The maximum Gasteiger partial charge on any atom is 0.325 e. The lowest BCUT2D eigenvalue weighted by Gasteiger charge is -2.14.